The number of carboxylic acid groups (broad SMARTS) is 1. The monoisotopic (exact) mass is 381 g/mol. The van der Waals surface area contributed by atoms with Crippen molar-refractivity contribution >= 4 is 11.9 Å². The Labute approximate surface area is 155 Å². The summed E-state index contributed by atoms with van der Waals surface area (Å²) in [5.74, 6) is -2.84. The average molecular weight is 381 g/mol. The van der Waals surface area contributed by atoms with Crippen molar-refractivity contribution in [3.05, 3.63) is 27.7 Å². The molecule has 0 aromatic carbocycles. The second-order valence-corrected chi connectivity index (χ2v) is 6.60. The highest BCUT2D eigenvalue weighted by Gasteiger charge is 2.35. The molecule has 0 radical (unpaired) electrons. The minimum Gasteiger partial charge on any atom is -0.502 e. The SMILES string of the molecule is COCCCN1CN(C[C@@H]2CCCO2)C(=O)c2c(O)c(=O)c(C(=O)O)cn21. The van der Waals surface area contributed by atoms with Crippen molar-refractivity contribution in [3.63, 3.8) is 0 Å². The number of carboxylic acids is 1. The lowest BCUT2D eigenvalue weighted by molar-refractivity contribution is 0.0454. The third-order valence-electron chi connectivity index (χ3n) is 4.74. The van der Waals surface area contributed by atoms with Crippen LogP contribution in [-0.2, 0) is 9.47 Å². The molecule has 0 bridgehead atoms. The number of hydrogen-bond acceptors (Lipinski definition) is 7. The third-order valence-corrected chi connectivity index (χ3v) is 4.74. The summed E-state index contributed by atoms with van der Waals surface area (Å²) in [5.41, 5.74) is -1.89. The van der Waals surface area contributed by atoms with Gasteiger partial charge in [0.1, 0.15) is 12.2 Å². The van der Waals surface area contributed by atoms with Crippen LogP contribution in [0.4, 0.5) is 0 Å². The maximum absolute atomic E-state index is 12.9. The van der Waals surface area contributed by atoms with Gasteiger partial charge in [0.05, 0.1) is 6.10 Å². The second-order valence-electron chi connectivity index (χ2n) is 6.60. The van der Waals surface area contributed by atoms with Gasteiger partial charge in [-0.25, -0.2) is 4.79 Å². The van der Waals surface area contributed by atoms with Crippen LogP contribution in [0.3, 0.4) is 0 Å². The van der Waals surface area contributed by atoms with Crippen LogP contribution in [0.15, 0.2) is 11.0 Å². The number of hydrogen-bond donors (Lipinski definition) is 2. The van der Waals surface area contributed by atoms with E-state index in [1.165, 1.54) is 9.58 Å². The standard InChI is InChI=1S/C17H23N3O7/c1-26-6-3-5-19-10-18(8-11-4-2-7-27-11)16(23)13-15(22)14(21)12(17(24)25)9-20(13)19/h9,11,22H,2-8,10H2,1H3,(H,24,25)/t11-/m0/s1. The molecule has 2 N–H and O–H groups in total. The lowest BCUT2D eigenvalue weighted by Gasteiger charge is -2.40. The van der Waals surface area contributed by atoms with Crippen molar-refractivity contribution in [2.24, 2.45) is 0 Å². The quantitative estimate of drug-likeness (QED) is 0.624. The zero-order valence-electron chi connectivity index (χ0n) is 15.1. The summed E-state index contributed by atoms with van der Waals surface area (Å²) in [4.78, 5) is 37.9. The summed E-state index contributed by atoms with van der Waals surface area (Å²) in [6.07, 6.45) is 3.38. The number of aromatic carboxylic acids is 1. The van der Waals surface area contributed by atoms with Crippen molar-refractivity contribution in [1.29, 1.82) is 0 Å². The lowest BCUT2D eigenvalue weighted by atomic mass is 10.1. The highest BCUT2D eigenvalue weighted by Crippen LogP contribution is 2.23. The Bertz CT molecular complexity index is 785. The Kier molecular flexibility index (Phi) is 5.66. The molecule has 0 aliphatic carbocycles. The molecule has 0 unspecified atom stereocenters. The Morgan fingerprint density at radius 3 is 2.81 bits per heavy atom. The van der Waals surface area contributed by atoms with Crippen LogP contribution >= 0.6 is 0 Å². The average Bonchev–Trinajstić information content (AvgIpc) is 3.14. The zero-order valence-corrected chi connectivity index (χ0v) is 15.1. The molecule has 148 valence electrons. The number of fused-ring (bicyclic) bond motifs is 1. The topological polar surface area (TPSA) is 122 Å². The van der Waals surface area contributed by atoms with Crippen LogP contribution in [0.1, 0.15) is 40.1 Å². The first-order valence-electron chi connectivity index (χ1n) is 8.81. The van der Waals surface area contributed by atoms with Crippen molar-refractivity contribution in [2.45, 2.75) is 25.4 Å². The predicted octanol–water partition coefficient (Wildman–Crippen LogP) is -0.181. The van der Waals surface area contributed by atoms with Crippen LogP contribution in [0.2, 0.25) is 0 Å². The molecule has 1 aromatic rings. The van der Waals surface area contributed by atoms with Crippen molar-refractivity contribution in [3.8, 4) is 5.75 Å². The molecule has 3 rings (SSSR count). The maximum Gasteiger partial charge on any atom is 0.341 e. The number of aromatic hydroxyl groups is 1. The number of carbonyl (C=O) groups excluding carboxylic acids is 1. The Hall–Kier alpha value is -2.59. The summed E-state index contributed by atoms with van der Waals surface area (Å²) < 4.78 is 11.9. The molecule has 27 heavy (non-hydrogen) atoms. The van der Waals surface area contributed by atoms with Gasteiger partial charge in [-0.05, 0) is 19.3 Å². The van der Waals surface area contributed by atoms with E-state index in [0.717, 1.165) is 19.0 Å². The van der Waals surface area contributed by atoms with E-state index in [1.54, 1.807) is 12.1 Å². The van der Waals surface area contributed by atoms with E-state index < -0.39 is 28.6 Å². The van der Waals surface area contributed by atoms with E-state index in [9.17, 15) is 24.6 Å². The van der Waals surface area contributed by atoms with Gasteiger partial charge in [-0.2, -0.15) is 0 Å². The van der Waals surface area contributed by atoms with E-state index in [-0.39, 0.29) is 18.5 Å². The Morgan fingerprint density at radius 1 is 1.41 bits per heavy atom. The molecule has 2 aliphatic rings. The summed E-state index contributed by atoms with van der Waals surface area (Å²) in [6.45, 7) is 2.10. The van der Waals surface area contributed by atoms with Gasteiger partial charge in [-0.3, -0.25) is 19.3 Å². The largest absolute Gasteiger partial charge is 0.502 e. The lowest BCUT2D eigenvalue weighted by Crippen LogP contribution is -2.56. The van der Waals surface area contributed by atoms with Gasteiger partial charge >= 0.3 is 5.97 Å². The molecule has 10 nitrogen and oxygen atoms in total. The molecule has 1 atom stereocenters. The fraction of sp³-hybridized carbons (Fsp3) is 0.588. The molecule has 1 amide bonds. The minimum absolute atomic E-state index is 0.0894. The normalized spacial score (nSPS) is 19.4. The summed E-state index contributed by atoms with van der Waals surface area (Å²) in [6, 6.07) is 0. The molecule has 2 aliphatic heterocycles. The molecule has 1 fully saturated rings. The van der Waals surface area contributed by atoms with Crippen LogP contribution < -0.4 is 10.4 Å². The van der Waals surface area contributed by atoms with E-state index in [0.29, 0.717) is 32.7 Å². The first-order chi connectivity index (χ1) is 12.9. The van der Waals surface area contributed by atoms with Crippen molar-refractivity contribution < 1.29 is 29.3 Å². The van der Waals surface area contributed by atoms with Gasteiger partial charge in [-0.1, -0.05) is 0 Å². The van der Waals surface area contributed by atoms with Crippen LogP contribution in [0.5, 0.6) is 5.75 Å². The molecule has 0 spiro atoms. The number of ether oxygens (including phenoxy) is 2. The number of amides is 1. The summed E-state index contributed by atoms with van der Waals surface area (Å²) >= 11 is 0. The molecular formula is C17H23N3O7. The van der Waals surface area contributed by atoms with Gasteiger partial charge in [0, 0.05) is 39.6 Å². The number of nitrogens with zero attached hydrogens (tertiary/aromatic N) is 3. The summed E-state index contributed by atoms with van der Waals surface area (Å²) in [7, 11) is 1.57. The minimum atomic E-state index is -1.46. The molecular weight excluding hydrogens is 358 g/mol. The first kappa shape index (κ1) is 19.2. The third kappa shape index (κ3) is 3.76. The van der Waals surface area contributed by atoms with Gasteiger partial charge in [-0.15, -0.1) is 0 Å². The molecule has 10 heteroatoms. The number of rotatable bonds is 7. The zero-order chi connectivity index (χ0) is 19.6. The fourth-order valence-electron chi connectivity index (χ4n) is 3.39. The van der Waals surface area contributed by atoms with E-state index >= 15 is 0 Å². The van der Waals surface area contributed by atoms with E-state index in [2.05, 4.69) is 0 Å². The van der Waals surface area contributed by atoms with Crippen LogP contribution in [0, 0.1) is 0 Å². The van der Waals surface area contributed by atoms with Gasteiger partial charge in [0.15, 0.2) is 11.4 Å². The van der Waals surface area contributed by atoms with Crippen LogP contribution in [-0.4, -0.2) is 77.9 Å². The predicted molar refractivity (Wildman–Crippen MR) is 93.8 cm³/mol. The van der Waals surface area contributed by atoms with Gasteiger partial charge < -0.3 is 24.6 Å². The maximum atomic E-state index is 12.9. The van der Waals surface area contributed by atoms with Crippen molar-refractivity contribution in [1.82, 2.24) is 9.58 Å². The number of methoxy groups -OCH3 is 1. The van der Waals surface area contributed by atoms with Crippen LogP contribution in [0.25, 0.3) is 0 Å². The number of aromatic nitrogens is 1. The molecule has 1 aromatic heterocycles. The van der Waals surface area contributed by atoms with E-state index in [1.807, 2.05) is 0 Å². The van der Waals surface area contributed by atoms with Crippen molar-refractivity contribution in [2.75, 3.05) is 45.1 Å². The first-order valence-corrected chi connectivity index (χ1v) is 8.81. The summed E-state index contributed by atoms with van der Waals surface area (Å²) in [5, 5.41) is 21.2. The highest BCUT2D eigenvalue weighted by atomic mass is 16.5. The Morgan fingerprint density at radius 2 is 2.19 bits per heavy atom. The molecule has 1 saturated heterocycles. The fourth-order valence-corrected chi connectivity index (χ4v) is 3.39. The smallest absolute Gasteiger partial charge is 0.341 e. The second kappa shape index (κ2) is 7.97. The number of pyridine rings is 1. The molecule has 3 heterocycles. The molecule has 0 saturated carbocycles. The number of carbonyl (C=O) groups is 2. The Balaban J connectivity index is 1.99. The van der Waals surface area contributed by atoms with Gasteiger partial charge in [0.2, 0.25) is 5.43 Å². The van der Waals surface area contributed by atoms with Gasteiger partial charge in [0.25, 0.3) is 5.91 Å². The van der Waals surface area contributed by atoms with E-state index in [4.69, 9.17) is 9.47 Å². The highest BCUT2D eigenvalue weighted by molar-refractivity contribution is 5.97.